The average molecular weight is 220 g/mol. The van der Waals surface area contributed by atoms with E-state index >= 15 is 0 Å². The Kier molecular flexibility index (Phi) is 3.14. The van der Waals surface area contributed by atoms with E-state index < -0.39 is 0 Å². The van der Waals surface area contributed by atoms with E-state index in [1.165, 1.54) is 4.90 Å². The predicted molar refractivity (Wildman–Crippen MR) is 55.7 cm³/mol. The van der Waals surface area contributed by atoms with Crippen LogP contribution in [0.4, 0.5) is 0 Å². The predicted octanol–water partition coefficient (Wildman–Crippen LogP) is 0.609. The molecule has 16 heavy (non-hydrogen) atoms. The highest BCUT2D eigenvalue weighted by Crippen LogP contribution is 2.11. The van der Waals surface area contributed by atoms with Gasteiger partial charge < -0.3 is 4.74 Å². The van der Waals surface area contributed by atoms with Crippen molar-refractivity contribution in [2.24, 2.45) is 0 Å². The minimum atomic E-state index is -0.111. The van der Waals surface area contributed by atoms with Crippen molar-refractivity contribution in [2.75, 3.05) is 13.2 Å². The average Bonchev–Trinajstić information content (AvgIpc) is 2.62. The number of amides is 2. The zero-order valence-electron chi connectivity index (χ0n) is 8.76. The Morgan fingerprint density at radius 1 is 1.31 bits per heavy atom. The Bertz CT molecular complexity index is 375. The number of hydrogen-bond acceptors (Lipinski definition) is 4. The molecular formula is C11H12N2O3. The van der Waals surface area contributed by atoms with Gasteiger partial charge in [0.25, 0.3) is 0 Å². The summed E-state index contributed by atoms with van der Waals surface area (Å²) in [5.41, 5.74) is 0. The van der Waals surface area contributed by atoms with Gasteiger partial charge >= 0.3 is 0 Å². The molecule has 0 radical (unpaired) electrons. The van der Waals surface area contributed by atoms with Gasteiger partial charge in [-0.3, -0.25) is 19.5 Å². The van der Waals surface area contributed by atoms with E-state index in [0.717, 1.165) is 0 Å². The molecule has 0 atom stereocenters. The maximum atomic E-state index is 11.3. The summed E-state index contributed by atoms with van der Waals surface area (Å²) in [7, 11) is 0. The van der Waals surface area contributed by atoms with E-state index in [9.17, 15) is 9.59 Å². The third kappa shape index (κ3) is 2.36. The van der Waals surface area contributed by atoms with Crippen molar-refractivity contribution < 1.29 is 14.3 Å². The molecule has 5 nitrogen and oxygen atoms in total. The molecule has 0 aliphatic carbocycles. The fraction of sp³-hybridized carbons (Fsp3) is 0.364. The highest BCUT2D eigenvalue weighted by Gasteiger charge is 2.28. The maximum Gasteiger partial charge on any atom is 0.229 e. The Hall–Kier alpha value is -1.91. The second-order valence-electron chi connectivity index (χ2n) is 3.48. The lowest BCUT2D eigenvalue weighted by Crippen LogP contribution is -2.33. The molecule has 2 rings (SSSR count). The van der Waals surface area contributed by atoms with Crippen LogP contribution in [0.25, 0.3) is 0 Å². The second kappa shape index (κ2) is 4.74. The molecule has 1 aromatic heterocycles. The number of nitrogens with zero attached hydrogens (tertiary/aromatic N) is 2. The molecule has 2 amide bonds. The lowest BCUT2D eigenvalue weighted by Gasteiger charge is -2.13. The fourth-order valence-electron chi connectivity index (χ4n) is 1.56. The SMILES string of the molecule is O=C1CCC(=O)N1CCOc1cccnc1. The van der Waals surface area contributed by atoms with E-state index in [1.54, 1.807) is 24.5 Å². The Balaban J connectivity index is 1.80. The van der Waals surface area contributed by atoms with Gasteiger partial charge in [0.15, 0.2) is 0 Å². The highest BCUT2D eigenvalue weighted by atomic mass is 16.5. The minimum absolute atomic E-state index is 0.111. The summed E-state index contributed by atoms with van der Waals surface area (Å²) in [6.45, 7) is 0.621. The van der Waals surface area contributed by atoms with Crippen LogP contribution in [0.5, 0.6) is 5.75 Å². The van der Waals surface area contributed by atoms with E-state index in [2.05, 4.69) is 4.98 Å². The molecule has 0 unspecified atom stereocenters. The number of hydrogen-bond donors (Lipinski definition) is 0. The quantitative estimate of drug-likeness (QED) is 0.697. The lowest BCUT2D eigenvalue weighted by molar-refractivity contribution is -0.138. The number of likely N-dealkylation sites (tertiary alicyclic amines) is 1. The summed E-state index contributed by atoms with van der Waals surface area (Å²) in [5.74, 6) is 0.418. The zero-order chi connectivity index (χ0) is 11.4. The van der Waals surface area contributed by atoms with Crippen LogP contribution in [0.1, 0.15) is 12.8 Å². The molecular weight excluding hydrogens is 208 g/mol. The van der Waals surface area contributed by atoms with Gasteiger partial charge in [-0.2, -0.15) is 0 Å². The number of ether oxygens (including phenoxy) is 1. The first-order valence-electron chi connectivity index (χ1n) is 5.13. The molecule has 1 aliphatic rings. The summed E-state index contributed by atoms with van der Waals surface area (Å²) in [5, 5.41) is 0. The molecule has 0 N–H and O–H groups in total. The van der Waals surface area contributed by atoms with Gasteiger partial charge in [0.05, 0.1) is 12.7 Å². The number of carbonyl (C=O) groups is 2. The van der Waals surface area contributed by atoms with Gasteiger partial charge in [-0.1, -0.05) is 0 Å². The summed E-state index contributed by atoms with van der Waals surface area (Å²) in [6, 6.07) is 3.54. The van der Waals surface area contributed by atoms with Crippen molar-refractivity contribution >= 4 is 11.8 Å². The van der Waals surface area contributed by atoms with Crippen LogP contribution in [0.2, 0.25) is 0 Å². The molecule has 1 fully saturated rings. The van der Waals surface area contributed by atoms with Crippen LogP contribution in [0, 0.1) is 0 Å². The largest absolute Gasteiger partial charge is 0.490 e. The Morgan fingerprint density at radius 2 is 2.06 bits per heavy atom. The summed E-state index contributed by atoms with van der Waals surface area (Å²) in [6.07, 6.45) is 3.89. The van der Waals surface area contributed by atoms with Gasteiger partial charge in [0, 0.05) is 19.0 Å². The fourth-order valence-corrected chi connectivity index (χ4v) is 1.56. The zero-order valence-corrected chi connectivity index (χ0v) is 8.76. The third-order valence-electron chi connectivity index (χ3n) is 2.37. The standard InChI is InChI=1S/C11H12N2O3/c14-10-3-4-11(15)13(10)6-7-16-9-2-1-5-12-8-9/h1-2,5,8H,3-4,6-7H2. The van der Waals surface area contributed by atoms with Crippen LogP contribution >= 0.6 is 0 Å². The molecule has 5 heteroatoms. The second-order valence-corrected chi connectivity index (χ2v) is 3.48. The first-order valence-corrected chi connectivity index (χ1v) is 5.13. The van der Waals surface area contributed by atoms with Crippen LogP contribution in [0.3, 0.4) is 0 Å². The van der Waals surface area contributed by atoms with Gasteiger partial charge in [-0.05, 0) is 12.1 Å². The van der Waals surface area contributed by atoms with E-state index in [1.807, 2.05) is 0 Å². The van der Waals surface area contributed by atoms with Crippen LogP contribution < -0.4 is 4.74 Å². The number of aromatic nitrogens is 1. The molecule has 1 aliphatic heterocycles. The Morgan fingerprint density at radius 3 is 2.69 bits per heavy atom. The van der Waals surface area contributed by atoms with Gasteiger partial charge in [-0.15, -0.1) is 0 Å². The number of imide groups is 1. The molecule has 0 spiro atoms. The van der Waals surface area contributed by atoms with Crippen LogP contribution in [0.15, 0.2) is 24.5 Å². The molecule has 0 saturated carbocycles. The van der Waals surface area contributed by atoms with Crippen molar-refractivity contribution in [3.05, 3.63) is 24.5 Å². The smallest absolute Gasteiger partial charge is 0.229 e. The van der Waals surface area contributed by atoms with Gasteiger partial charge in [-0.25, -0.2) is 0 Å². The molecule has 2 heterocycles. The molecule has 1 aromatic rings. The normalized spacial score (nSPS) is 15.6. The monoisotopic (exact) mass is 220 g/mol. The minimum Gasteiger partial charge on any atom is -0.490 e. The maximum absolute atomic E-state index is 11.3. The molecule has 0 bridgehead atoms. The van der Waals surface area contributed by atoms with E-state index in [4.69, 9.17) is 4.74 Å². The topological polar surface area (TPSA) is 59.5 Å². The number of rotatable bonds is 4. The number of carbonyl (C=O) groups excluding carboxylic acids is 2. The van der Waals surface area contributed by atoms with Crippen molar-refractivity contribution in [2.45, 2.75) is 12.8 Å². The van der Waals surface area contributed by atoms with E-state index in [-0.39, 0.29) is 11.8 Å². The van der Waals surface area contributed by atoms with Crippen LogP contribution in [-0.4, -0.2) is 34.8 Å². The lowest BCUT2D eigenvalue weighted by atomic mass is 10.4. The van der Waals surface area contributed by atoms with Crippen molar-refractivity contribution in [3.63, 3.8) is 0 Å². The van der Waals surface area contributed by atoms with Gasteiger partial charge in [0.2, 0.25) is 11.8 Å². The van der Waals surface area contributed by atoms with Crippen molar-refractivity contribution in [1.82, 2.24) is 9.88 Å². The first kappa shape index (κ1) is 10.6. The molecule has 84 valence electrons. The summed E-state index contributed by atoms with van der Waals surface area (Å²) in [4.78, 5) is 27.7. The third-order valence-corrected chi connectivity index (χ3v) is 2.37. The first-order chi connectivity index (χ1) is 7.77. The molecule has 1 saturated heterocycles. The summed E-state index contributed by atoms with van der Waals surface area (Å²) < 4.78 is 5.36. The van der Waals surface area contributed by atoms with Crippen molar-refractivity contribution in [1.29, 1.82) is 0 Å². The number of pyridine rings is 1. The van der Waals surface area contributed by atoms with Gasteiger partial charge in [0.1, 0.15) is 12.4 Å². The molecule has 0 aromatic carbocycles. The van der Waals surface area contributed by atoms with Crippen LogP contribution in [-0.2, 0) is 9.59 Å². The van der Waals surface area contributed by atoms with Crippen molar-refractivity contribution in [3.8, 4) is 5.75 Å². The summed E-state index contributed by atoms with van der Waals surface area (Å²) >= 11 is 0. The van der Waals surface area contributed by atoms with E-state index in [0.29, 0.717) is 31.7 Å². The Labute approximate surface area is 93.0 Å². The highest BCUT2D eigenvalue weighted by molar-refractivity contribution is 6.01.